The number of aromatic nitrogens is 1. The number of hydrogen-bond donors (Lipinski definition) is 3. The largest absolute Gasteiger partial charge is 0.480 e. The molecule has 122 valence electrons. The normalized spacial score (nSPS) is 13.3. The molecular formula is C18H22N2O3. The summed E-state index contributed by atoms with van der Waals surface area (Å²) in [5, 5.41) is 11.8. The molecule has 1 aromatic carbocycles. The maximum Gasteiger partial charge on any atom is 0.329 e. The first kappa shape index (κ1) is 16.8. The van der Waals surface area contributed by atoms with Crippen LogP contribution in [0, 0.1) is 0 Å². The van der Waals surface area contributed by atoms with Gasteiger partial charge in [-0.3, -0.25) is 4.79 Å². The average molecular weight is 314 g/mol. The van der Waals surface area contributed by atoms with Crippen LogP contribution in [0.1, 0.15) is 32.4 Å². The van der Waals surface area contributed by atoms with Gasteiger partial charge in [0.05, 0.1) is 0 Å². The van der Waals surface area contributed by atoms with E-state index in [1.165, 1.54) is 6.92 Å². The molecule has 0 aliphatic carbocycles. The predicted molar refractivity (Wildman–Crippen MR) is 89.0 cm³/mol. The molecule has 1 heterocycles. The maximum absolute atomic E-state index is 12.0. The molecule has 1 unspecified atom stereocenters. The third kappa shape index (κ3) is 4.22. The van der Waals surface area contributed by atoms with Crippen LogP contribution in [-0.2, 0) is 16.0 Å². The Bertz CT molecular complexity index is 679. The van der Waals surface area contributed by atoms with Crippen molar-refractivity contribution in [1.82, 2.24) is 10.3 Å². The molecule has 0 saturated heterocycles. The van der Waals surface area contributed by atoms with Crippen LogP contribution in [0.2, 0.25) is 0 Å². The molecule has 0 aliphatic rings. The molecule has 0 aliphatic heterocycles. The number of H-pyrrole nitrogens is 1. The Kier molecular flexibility index (Phi) is 5.21. The summed E-state index contributed by atoms with van der Waals surface area (Å²) in [6.45, 7) is 3.26. The zero-order valence-corrected chi connectivity index (χ0v) is 13.4. The van der Waals surface area contributed by atoms with E-state index in [4.69, 9.17) is 0 Å². The second-order valence-corrected chi connectivity index (χ2v) is 5.80. The molecule has 5 heteroatoms. The van der Waals surface area contributed by atoms with Gasteiger partial charge in [-0.2, -0.15) is 0 Å². The number of carboxylic acid groups (broad SMARTS) is 1. The van der Waals surface area contributed by atoms with Crippen LogP contribution in [0.4, 0.5) is 0 Å². The zero-order valence-electron chi connectivity index (χ0n) is 13.4. The van der Waals surface area contributed by atoms with Gasteiger partial charge in [0.15, 0.2) is 0 Å². The predicted octanol–water partition coefficient (Wildman–Crippen LogP) is 2.98. The Morgan fingerprint density at radius 2 is 1.87 bits per heavy atom. The summed E-state index contributed by atoms with van der Waals surface area (Å²) in [7, 11) is 0. The number of benzene rings is 1. The molecule has 0 radical (unpaired) electrons. The van der Waals surface area contributed by atoms with Crippen molar-refractivity contribution in [2.45, 2.75) is 38.6 Å². The van der Waals surface area contributed by atoms with Crippen LogP contribution < -0.4 is 5.32 Å². The van der Waals surface area contributed by atoms with Gasteiger partial charge < -0.3 is 15.4 Å². The molecule has 0 saturated carbocycles. The number of carbonyl (C=O) groups excluding carboxylic acids is 1. The number of carboxylic acids is 1. The molecule has 1 atom stereocenters. The smallest absolute Gasteiger partial charge is 0.329 e. The lowest BCUT2D eigenvalue weighted by Gasteiger charge is -2.24. The van der Waals surface area contributed by atoms with E-state index in [1.54, 1.807) is 6.92 Å². The number of aliphatic carboxylic acids is 1. The van der Waals surface area contributed by atoms with Crippen LogP contribution in [-0.4, -0.2) is 27.5 Å². The van der Waals surface area contributed by atoms with Gasteiger partial charge in [0, 0.05) is 17.8 Å². The summed E-state index contributed by atoms with van der Waals surface area (Å²) in [5.74, 6) is -1.27. The summed E-state index contributed by atoms with van der Waals surface area (Å²) in [6, 6.07) is 13.9. The Balaban J connectivity index is 1.93. The molecule has 0 fully saturated rings. The SMILES string of the molecule is CCC(C)(NC(=O)CCc1ccc(-c2ccccc2)[nH]1)C(=O)O. The van der Waals surface area contributed by atoms with Crippen LogP contribution >= 0.6 is 0 Å². The number of rotatable bonds is 7. The third-order valence-electron chi connectivity index (χ3n) is 4.05. The third-order valence-corrected chi connectivity index (χ3v) is 4.05. The molecule has 0 spiro atoms. The monoisotopic (exact) mass is 314 g/mol. The topological polar surface area (TPSA) is 82.2 Å². The summed E-state index contributed by atoms with van der Waals surface area (Å²) in [6.07, 6.45) is 1.13. The minimum Gasteiger partial charge on any atom is -0.480 e. The highest BCUT2D eigenvalue weighted by Gasteiger charge is 2.32. The fourth-order valence-corrected chi connectivity index (χ4v) is 2.28. The summed E-state index contributed by atoms with van der Waals surface area (Å²) in [5.41, 5.74) is 1.84. The molecule has 0 bridgehead atoms. The first-order chi connectivity index (χ1) is 10.9. The molecule has 1 aromatic heterocycles. The van der Waals surface area contributed by atoms with Crippen molar-refractivity contribution in [1.29, 1.82) is 0 Å². The number of amides is 1. The van der Waals surface area contributed by atoms with Crippen LogP contribution in [0.15, 0.2) is 42.5 Å². The standard InChI is InChI=1S/C18H22N2O3/c1-3-18(2,17(22)23)20-16(21)12-10-14-9-11-15(19-14)13-7-5-4-6-8-13/h4-9,11,19H,3,10,12H2,1-2H3,(H,20,21)(H,22,23). The molecule has 2 aromatic rings. The lowest BCUT2D eigenvalue weighted by molar-refractivity contribution is -0.147. The second-order valence-electron chi connectivity index (χ2n) is 5.80. The van der Waals surface area contributed by atoms with Gasteiger partial charge in [0.2, 0.25) is 5.91 Å². The van der Waals surface area contributed by atoms with Crippen molar-refractivity contribution in [2.24, 2.45) is 0 Å². The van der Waals surface area contributed by atoms with Crippen molar-refractivity contribution in [3.63, 3.8) is 0 Å². The number of aromatic amines is 1. The fourth-order valence-electron chi connectivity index (χ4n) is 2.28. The van der Waals surface area contributed by atoms with Crippen molar-refractivity contribution in [3.8, 4) is 11.3 Å². The van der Waals surface area contributed by atoms with Gasteiger partial charge in [-0.1, -0.05) is 37.3 Å². The van der Waals surface area contributed by atoms with Gasteiger partial charge >= 0.3 is 5.97 Å². The zero-order chi connectivity index (χ0) is 16.9. The Hall–Kier alpha value is -2.56. The lowest BCUT2D eigenvalue weighted by Crippen LogP contribution is -2.51. The van der Waals surface area contributed by atoms with Gasteiger partial charge in [-0.15, -0.1) is 0 Å². The van der Waals surface area contributed by atoms with Crippen LogP contribution in [0.5, 0.6) is 0 Å². The molecule has 5 nitrogen and oxygen atoms in total. The number of carbonyl (C=O) groups is 2. The van der Waals surface area contributed by atoms with Gasteiger partial charge in [-0.05, 0) is 37.5 Å². The van der Waals surface area contributed by atoms with E-state index >= 15 is 0 Å². The van der Waals surface area contributed by atoms with E-state index < -0.39 is 11.5 Å². The molecule has 1 amide bonds. The van der Waals surface area contributed by atoms with E-state index in [0.717, 1.165) is 17.0 Å². The van der Waals surface area contributed by atoms with Crippen LogP contribution in [0.3, 0.4) is 0 Å². The number of hydrogen-bond acceptors (Lipinski definition) is 2. The summed E-state index contributed by atoms with van der Waals surface area (Å²) < 4.78 is 0. The van der Waals surface area contributed by atoms with Gasteiger partial charge in [0.25, 0.3) is 0 Å². The summed E-state index contributed by atoms with van der Waals surface area (Å²) in [4.78, 5) is 26.5. The molecule has 2 rings (SSSR count). The minimum atomic E-state index is -1.21. The van der Waals surface area contributed by atoms with Crippen molar-refractivity contribution in [2.75, 3.05) is 0 Å². The highest BCUT2D eigenvalue weighted by molar-refractivity contribution is 5.86. The fraction of sp³-hybridized carbons (Fsp3) is 0.333. The molecule has 3 N–H and O–H groups in total. The molecular weight excluding hydrogens is 292 g/mol. The van der Waals surface area contributed by atoms with Crippen LogP contribution in [0.25, 0.3) is 11.3 Å². The maximum atomic E-state index is 12.0. The average Bonchev–Trinajstić information content (AvgIpc) is 3.02. The minimum absolute atomic E-state index is 0.248. The van der Waals surface area contributed by atoms with E-state index in [2.05, 4.69) is 10.3 Å². The highest BCUT2D eigenvalue weighted by Crippen LogP contribution is 2.18. The number of nitrogens with one attached hydrogen (secondary N) is 2. The van der Waals surface area contributed by atoms with Gasteiger partial charge in [-0.25, -0.2) is 4.79 Å². The van der Waals surface area contributed by atoms with Crippen molar-refractivity contribution >= 4 is 11.9 Å². The quantitative estimate of drug-likeness (QED) is 0.735. The van der Waals surface area contributed by atoms with E-state index in [-0.39, 0.29) is 12.3 Å². The summed E-state index contributed by atoms with van der Waals surface area (Å²) >= 11 is 0. The Labute approximate surface area is 135 Å². The Morgan fingerprint density at radius 1 is 1.17 bits per heavy atom. The Morgan fingerprint density at radius 3 is 2.48 bits per heavy atom. The first-order valence-electron chi connectivity index (χ1n) is 7.72. The van der Waals surface area contributed by atoms with E-state index in [1.807, 2.05) is 42.5 Å². The second kappa shape index (κ2) is 7.13. The molecule has 23 heavy (non-hydrogen) atoms. The van der Waals surface area contributed by atoms with E-state index in [0.29, 0.717) is 12.8 Å². The highest BCUT2D eigenvalue weighted by atomic mass is 16.4. The van der Waals surface area contributed by atoms with Crippen molar-refractivity contribution < 1.29 is 14.7 Å². The van der Waals surface area contributed by atoms with Crippen molar-refractivity contribution in [3.05, 3.63) is 48.2 Å². The van der Waals surface area contributed by atoms with Gasteiger partial charge in [0.1, 0.15) is 5.54 Å². The number of aryl methyl sites for hydroxylation is 1. The lowest BCUT2D eigenvalue weighted by atomic mass is 9.99. The first-order valence-corrected chi connectivity index (χ1v) is 7.72. The van der Waals surface area contributed by atoms with E-state index in [9.17, 15) is 14.7 Å².